The van der Waals surface area contributed by atoms with Crippen LogP contribution in [0.3, 0.4) is 0 Å². The van der Waals surface area contributed by atoms with Gasteiger partial charge in [0.05, 0.1) is 17.9 Å². The van der Waals surface area contributed by atoms with E-state index in [0.29, 0.717) is 17.9 Å². The molecule has 0 fully saturated rings. The summed E-state index contributed by atoms with van der Waals surface area (Å²) in [6.45, 7) is 4.12. The van der Waals surface area contributed by atoms with Crippen molar-refractivity contribution in [2.75, 3.05) is 16.3 Å². The predicted octanol–water partition coefficient (Wildman–Crippen LogP) is 2.78. The van der Waals surface area contributed by atoms with Gasteiger partial charge in [0.1, 0.15) is 6.04 Å². The fourth-order valence-corrected chi connectivity index (χ4v) is 3.62. The molecule has 146 valence electrons. The summed E-state index contributed by atoms with van der Waals surface area (Å²) < 4.78 is 0. The summed E-state index contributed by atoms with van der Waals surface area (Å²) in [6.07, 6.45) is -0.994. The quantitative estimate of drug-likeness (QED) is 0.833. The van der Waals surface area contributed by atoms with Crippen molar-refractivity contribution in [3.63, 3.8) is 0 Å². The molecule has 0 aliphatic carbocycles. The SMILES string of the molecule is CCN(C(C)=O)c1cccc2c1N(Cc1ccccc1)C(=O)C(NC(=O)O)C2. The molecular formula is C21H23N3O4. The number of rotatable bonds is 5. The minimum atomic E-state index is -1.24. The number of nitrogens with zero attached hydrogens (tertiary/aromatic N) is 2. The zero-order chi connectivity index (χ0) is 20.3. The van der Waals surface area contributed by atoms with Gasteiger partial charge in [-0.1, -0.05) is 42.5 Å². The van der Waals surface area contributed by atoms with Crippen molar-refractivity contribution in [2.24, 2.45) is 0 Å². The number of carbonyl (C=O) groups is 3. The maximum atomic E-state index is 13.2. The molecule has 0 saturated heterocycles. The Morgan fingerprint density at radius 1 is 1.18 bits per heavy atom. The lowest BCUT2D eigenvalue weighted by Crippen LogP contribution is -2.52. The minimum Gasteiger partial charge on any atom is -0.465 e. The standard InChI is InChI=1S/C21H23N3O4/c1-3-23(14(2)25)18-11-7-10-16-12-17(22-21(27)28)20(26)24(19(16)18)13-15-8-5-4-6-9-15/h4-11,17,22H,3,12-13H2,1-2H3,(H,27,28). The van der Waals surface area contributed by atoms with Crippen molar-refractivity contribution in [1.29, 1.82) is 0 Å². The van der Waals surface area contributed by atoms with Crippen LogP contribution in [-0.2, 0) is 22.6 Å². The van der Waals surface area contributed by atoms with Crippen molar-refractivity contribution in [3.8, 4) is 0 Å². The van der Waals surface area contributed by atoms with E-state index in [1.165, 1.54) is 6.92 Å². The molecule has 0 aromatic heterocycles. The number of amides is 3. The topological polar surface area (TPSA) is 90.0 Å². The van der Waals surface area contributed by atoms with Gasteiger partial charge in [-0.05, 0) is 24.1 Å². The van der Waals surface area contributed by atoms with Crippen LogP contribution in [0.25, 0.3) is 0 Å². The van der Waals surface area contributed by atoms with Crippen LogP contribution in [0.1, 0.15) is 25.0 Å². The van der Waals surface area contributed by atoms with Crippen LogP contribution in [0.15, 0.2) is 48.5 Å². The maximum absolute atomic E-state index is 13.2. The Morgan fingerprint density at radius 3 is 2.50 bits per heavy atom. The molecule has 0 saturated carbocycles. The van der Waals surface area contributed by atoms with Gasteiger partial charge in [0, 0.05) is 19.9 Å². The Kier molecular flexibility index (Phi) is 5.63. The van der Waals surface area contributed by atoms with Gasteiger partial charge in [-0.15, -0.1) is 0 Å². The van der Waals surface area contributed by atoms with Crippen molar-refractivity contribution in [2.45, 2.75) is 32.9 Å². The van der Waals surface area contributed by atoms with Gasteiger partial charge in [-0.2, -0.15) is 0 Å². The highest BCUT2D eigenvalue weighted by molar-refractivity contribution is 6.06. The molecule has 0 bridgehead atoms. The lowest BCUT2D eigenvalue weighted by atomic mass is 9.95. The smallest absolute Gasteiger partial charge is 0.405 e. The van der Waals surface area contributed by atoms with Gasteiger partial charge in [0.25, 0.3) is 0 Å². The zero-order valence-corrected chi connectivity index (χ0v) is 15.9. The summed E-state index contributed by atoms with van der Waals surface area (Å²) in [7, 11) is 0. The number of nitrogens with one attached hydrogen (secondary N) is 1. The highest BCUT2D eigenvalue weighted by Gasteiger charge is 2.36. The molecule has 2 aromatic rings. The third kappa shape index (κ3) is 3.83. The van der Waals surface area contributed by atoms with Crippen molar-refractivity contribution >= 4 is 29.3 Å². The number of carboxylic acid groups (broad SMARTS) is 1. The molecule has 1 aliphatic heterocycles. The molecule has 1 unspecified atom stereocenters. The van der Waals surface area contributed by atoms with E-state index in [2.05, 4.69) is 5.32 Å². The Balaban J connectivity index is 2.11. The molecule has 0 radical (unpaired) electrons. The fourth-order valence-electron chi connectivity index (χ4n) is 3.62. The van der Waals surface area contributed by atoms with Crippen molar-refractivity contribution < 1.29 is 19.5 Å². The molecular weight excluding hydrogens is 358 g/mol. The maximum Gasteiger partial charge on any atom is 0.405 e. The van der Waals surface area contributed by atoms with E-state index < -0.39 is 12.1 Å². The molecule has 28 heavy (non-hydrogen) atoms. The average Bonchev–Trinajstić information content (AvgIpc) is 2.66. The first-order valence-electron chi connectivity index (χ1n) is 9.17. The summed E-state index contributed by atoms with van der Waals surface area (Å²) in [6, 6.07) is 14.1. The van der Waals surface area contributed by atoms with Crippen LogP contribution in [0.4, 0.5) is 16.2 Å². The van der Waals surface area contributed by atoms with E-state index in [-0.39, 0.29) is 24.8 Å². The van der Waals surface area contributed by atoms with Crippen molar-refractivity contribution in [1.82, 2.24) is 5.32 Å². The van der Waals surface area contributed by atoms with E-state index in [1.54, 1.807) is 9.80 Å². The number of benzene rings is 2. The molecule has 1 atom stereocenters. The largest absolute Gasteiger partial charge is 0.465 e. The fraction of sp³-hybridized carbons (Fsp3) is 0.286. The normalized spacial score (nSPS) is 15.7. The molecule has 7 nitrogen and oxygen atoms in total. The molecule has 1 heterocycles. The predicted molar refractivity (Wildman–Crippen MR) is 106 cm³/mol. The third-order valence-corrected chi connectivity index (χ3v) is 4.82. The Labute approximate surface area is 163 Å². The summed E-state index contributed by atoms with van der Waals surface area (Å²) in [5.74, 6) is -0.445. The molecule has 0 spiro atoms. The number of anilines is 2. The van der Waals surface area contributed by atoms with Crippen LogP contribution in [-0.4, -0.2) is 35.6 Å². The van der Waals surface area contributed by atoms with Crippen LogP contribution < -0.4 is 15.1 Å². The number of fused-ring (bicyclic) bond motifs is 1. The monoisotopic (exact) mass is 381 g/mol. The Hall–Kier alpha value is -3.35. The summed E-state index contributed by atoms with van der Waals surface area (Å²) >= 11 is 0. The molecule has 7 heteroatoms. The highest BCUT2D eigenvalue weighted by Crippen LogP contribution is 2.38. The van der Waals surface area contributed by atoms with E-state index in [0.717, 1.165) is 11.1 Å². The molecule has 1 aliphatic rings. The summed E-state index contributed by atoms with van der Waals surface area (Å²) in [4.78, 5) is 39.7. The van der Waals surface area contributed by atoms with Crippen LogP contribution in [0.5, 0.6) is 0 Å². The first kappa shape index (κ1) is 19.4. The molecule has 3 amide bonds. The van der Waals surface area contributed by atoms with Gasteiger partial charge < -0.3 is 20.2 Å². The number of carbonyl (C=O) groups excluding carboxylic acids is 2. The van der Waals surface area contributed by atoms with Crippen molar-refractivity contribution in [3.05, 3.63) is 59.7 Å². The van der Waals surface area contributed by atoms with Gasteiger partial charge in [0.15, 0.2) is 0 Å². The van der Waals surface area contributed by atoms with E-state index >= 15 is 0 Å². The first-order valence-corrected chi connectivity index (χ1v) is 9.17. The van der Waals surface area contributed by atoms with Gasteiger partial charge in [0.2, 0.25) is 11.8 Å². The van der Waals surface area contributed by atoms with E-state index in [9.17, 15) is 14.4 Å². The Bertz CT molecular complexity index is 898. The summed E-state index contributed by atoms with van der Waals surface area (Å²) in [5, 5.41) is 11.4. The van der Waals surface area contributed by atoms with Crippen LogP contribution in [0, 0.1) is 0 Å². The molecule has 3 rings (SSSR count). The average molecular weight is 381 g/mol. The second-order valence-electron chi connectivity index (χ2n) is 6.66. The van der Waals surface area contributed by atoms with E-state index in [4.69, 9.17) is 5.11 Å². The zero-order valence-electron chi connectivity index (χ0n) is 15.9. The number of para-hydroxylation sites is 1. The third-order valence-electron chi connectivity index (χ3n) is 4.82. The molecule has 2 aromatic carbocycles. The number of hydrogen-bond donors (Lipinski definition) is 2. The lowest BCUT2D eigenvalue weighted by Gasteiger charge is -2.37. The highest BCUT2D eigenvalue weighted by atomic mass is 16.4. The Morgan fingerprint density at radius 2 is 1.89 bits per heavy atom. The molecule has 2 N–H and O–H groups in total. The minimum absolute atomic E-state index is 0.117. The van der Waals surface area contributed by atoms with Gasteiger partial charge >= 0.3 is 6.09 Å². The lowest BCUT2D eigenvalue weighted by molar-refractivity contribution is -0.121. The van der Waals surface area contributed by atoms with Gasteiger partial charge in [-0.3, -0.25) is 9.59 Å². The number of hydrogen-bond acceptors (Lipinski definition) is 3. The van der Waals surface area contributed by atoms with Crippen LogP contribution >= 0.6 is 0 Å². The second-order valence-corrected chi connectivity index (χ2v) is 6.66. The second kappa shape index (κ2) is 8.12. The summed E-state index contributed by atoms with van der Waals surface area (Å²) in [5.41, 5.74) is 3.06. The van der Waals surface area contributed by atoms with Crippen LogP contribution in [0.2, 0.25) is 0 Å². The first-order chi connectivity index (χ1) is 13.4. The van der Waals surface area contributed by atoms with Gasteiger partial charge in [-0.25, -0.2) is 4.79 Å². The van der Waals surface area contributed by atoms with E-state index in [1.807, 2.05) is 55.5 Å².